The fraction of sp³-hybridized carbons (Fsp3) is 0.143. The van der Waals surface area contributed by atoms with Crippen molar-refractivity contribution in [2.24, 2.45) is 5.73 Å². The highest BCUT2D eigenvalue weighted by Gasteiger charge is 2.11. The Morgan fingerprint density at radius 3 is 2.50 bits per heavy atom. The van der Waals surface area contributed by atoms with Crippen LogP contribution in [0, 0.1) is 12.7 Å². The lowest BCUT2D eigenvalue weighted by atomic mass is 9.98. The van der Waals surface area contributed by atoms with Crippen molar-refractivity contribution in [1.82, 2.24) is 0 Å². The topological polar surface area (TPSA) is 26.0 Å². The minimum Gasteiger partial charge on any atom is -0.320 e. The molecule has 0 amide bonds. The molecule has 0 fully saturated rings. The summed E-state index contributed by atoms with van der Waals surface area (Å²) < 4.78 is 14.1. The first-order chi connectivity index (χ1) is 8.47. The molecule has 0 aliphatic rings. The Kier molecular flexibility index (Phi) is 4.05. The number of nitrogens with two attached hydrogens (primary N) is 1. The van der Waals surface area contributed by atoms with Crippen molar-refractivity contribution in [3.05, 3.63) is 68.4 Å². The second-order valence-electron chi connectivity index (χ2n) is 4.21. The molecule has 1 unspecified atom stereocenters. The van der Waals surface area contributed by atoms with Crippen LogP contribution in [-0.4, -0.2) is 0 Å². The summed E-state index contributed by atoms with van der Waals surface area (Å²) in [6.07, 6.45) is 0. The Morgan fingerprint density at radius 1 is 1.17 bits per heavy atom. The third kappa shape index (κ3) is 2.91. The van der Waals surface area contributed by atoms with Crippen LogP contribution in [0.15, 0.2) is 40.9 Å². The van der Waals surface area contributed by atoms with Gasteiger partial charge in [0.05, 0.1) is 11.1 Å². The summed E-state index contributed by atoms with van der Waals surface area (Å²) in [6, 6.07) is 9.93. The molecule has 0 bridgehead atoms. The van der Waals surface area contributed by atoms with E-state index in [4.69, 9.17) is 17.3 Å². The van der Waals surface area contributed by atoms with Gasteiger partial charge in [-0.25, -0.2) is 4.39 Å². The van der Waals surface area contributed by atoms with Crippen molar-refractivity contribution in [2.75, 3.05) is 0 Å². The van der Waals surface area contributed by atoms with E-state index in [1.807, 2.05) is 25.1 Å². The maximum absolute atomic E-state index is 13.4. The molecule has 0 spiro atoms. The Hall–Kier alpha value is -0.900. The highest BCUT2D eigenvalue weighted by molar-refractivity contribution is 9.10. The third-order valence-corrected chi connectivity index (χ3v) is 3.94. The van der Waals surface area contributed by atoms with Crippen LogP contribution >= 0.6 is 27.5 Å². The molecule has 2 rings (SSSR count). The van der Waals surface area contributed by atoms with Crippen LogP contribution in [0.1, 0.15) is 22.7 Å². The number of hydrogen-bond acceptors (Lipinski definition) is 1. The van der Waals surface area contributed by atoms with E-state index in [0.29, 0.717) is 5.02 Å². The molecular weight excluding hydrogens is 317 g/mol. The summed E-state index contributed by atoms with van der Waals surface area (Å²) in [6.45, 7) is 1.84. The molecule has 2 aromatic rings. The zero-order chi connectivity index (χ0) is 13.3. The molecule has 2 N–H and O–H groups in total. The zero-order valence-electron chi connectivity index (χ0n) is 9.75. The summed E-state index contributed by atoms with van der Waals surface area (Å²) in [4.78, 5) is 0. The van der Waals surface area contributed by atoms with Gasteiger partial charge in [0.1, 0.15) is 5.82 Å². The average Bonchev–Trinajstić information content (AvgIpc) is 2.30. The second kappa shape index (κ2) is 5.39. The summed E-state index contributed by atoms with van der Waals surface area (Å²) in [5.74, 6) is -0.270. The van der Waals surface area contributed by atoms with Crippen LogP contribution in [0.2, 0.25) is 5.02 Å². The van der Waals surface area contributed by atoms with E-state index in [-0.39, 0.29) is 11.9 Å². The molecule has 0 aliphatic carbocycles. The molecule has 0 saturated carbocycles. The van der Waals surface area contributed by atoms with E-state index in [9.17, 15) is 4.39 Å². The SMILES string of the molecule is Cc1cc(F)cc(C(N)c2ccc(Cl)c(Br)c2)c1. The average molecular weight is 329 g/mol. The van der Waals surface area contributed by atoms with Gasteiger partial charge in [-0.3, -0.25) is 0 Å². The summed E-state index contributed by atoms with van der Waals surface area (Å²) in [7, 11) is 0. The fourth-order valence-electron chi connectivity index (χ4n) is 1.84. The van der Waals surface area contributed by atoms with E-state index >= 15 is 0 Å². The van der Waals surface area contributed by atoms with Gasteiger partial charge >= 0.3 is 0 Å². The fourth-order valence-corrected chi connectivity index (χ4v) is 2.36. The summed E-state index contributed by atoms with van der Waals surface area (Å²) >= 11 is 9.29. The van der Waals surface area contributed by atoms with E-state index in [2.05, 4.69) is 15.9 Å². The predicted octanol–water partition coefficient (Wildman–Crippen LogP) is 4.60. The maximum atomic E-state index is 13.4. The first kappa shape index (κ1) is 13.5. The van der Waals surface area contributed by atoms with Crippen LogP contribution in [0.3, 0.4) is 0 Å². The Morgan fingerprint density at radius 2 is 1.89 bits per heavy atom. The number of hydrogen-bond donors (Lipinski definition) is 1. The molecule has 0 radical (unpaired) electrons. The van der Waals surface area contributed by atoms with Gasteiger partial charge in [-0.2, -0.15) is 0 Å². The summed E-state index contributed by atoms with van der Waals surface area (Å²) in [5.41, 5.74) is 8.63. The summed E-state index contributed by atoms with van der Waals surface area (Å²) in [5, 5.41) is 0.626. The van der Waals surface area contributed by atoms with Crippen LogP contribution in [-0.2, 0) is 0 Å². The van der Waals surface area contributed by atoms with Crippen molar-refractivity contribution in [3.8, 4) is 0 Å². The monoisotopic (exact) mass is 327 g/mol. The first-order valence-corrected chi connectivity index (χ1v) is 6.62. The van der Waals surface area contributed by atoms with Gasteiger partial charge in [-0.1, -0.05) is 23.7 Å². The van der Waals surface area contributed by atoms with Gasteiger partial charge in [0, 0.05) is 4.47 Å². The van der Waals surface area contributed by atoms with Crippen LogP contribution in [0.5, 0.6) is 0 Å². The third-order valence-electron chi connectivity index (χ3n) is 2.73. The molecule has 1 nitrogen and oxygen atoms in total. The van der Waals surface area contributed by atoms with Gasteiger partial charge in [0.2, 0.25) is 0 Å². The molecule has 0 aliphatic heterocycles. The van der Waals surface area contributed by atoms with Crippen molar-refractivity contribution in [3.63, 3.8) is 0 Å². The first-order valence-electron chi connectivity index (χ1n) is 5.45. The van der Waals surface area contributed by atoms with Crippen LogP contribution in [0.4, 0.5) is 4.39 Å². The Labute approximate surface area is 119 Å². The van der Waals surface area contributed by atoms with Gasteiger partial charge in [0.25, 0.3) is 0 Å². The highest BCUT2D eigenvalue weighted by atomic mass is 79.9. The van der Waals surface area contributed by atoms with Gasteiger partial charge in [-0.15, -0.1) is 0 Å². The predicted molar refractivity (Wildman–Crippen MR) is 76.3 cm³/mol. The normalized spacial score (nSPS) is 12.5. The number of rotatable bonds is 2. The molecule has 0 saturated heterocycles. The Balaban J connectivity index is 2.40. The Bertz CT molecular complexity index is 566. The smallest absolute Gasteiger partial charge is 0.123 e. The largest absolute Gasteiger partial charge is 0.320 e. The lowest BCUT2D eigenvalue weighted by Gasteiger charge is -2.14. The zero-order valence-corrected chi connectivity index (χ0v) is 12.1. The van der Waals surface area contributed by atoms with Gasteiger partial charge < -0.3 is 5.73 Å². The van der Waals surface area contributed by atoms with Gasteiger partial charge in [-0.05, 0) is 63.8 Å². The van der Waals surface area contributed by atoms with Crippen LogP contribution < -0.4 is 5.73 Å². The van der Waals surface area contributed by atoms with E-state index in [0.717, 1.165) is 21.2 Å². The molecule has 2 aromatic carbocycles. The highest BCUT2D eigenvalue weighted by Crippen LogP contribution is 2.28. The standard InChI is InChI=1S/C14H12BrClFN/c1-8-4-10(6-11(17)5-8)14(18)9-2-3-13(16)12(15)7-9/h2-7,14H,18H2,1H3. The number of aryl methyl sites for hydroxylation is 1. The number of halogens is 3. The minimum atomic E-state index is -0.368. The van der Waals surface area contributed by atoms with Crippen molar-refractivity contribution < 1.29 is 4.39 Å². The van der Waals surface area contributed by atoms with Crippen molar-refractivity contribution >= 4 is 27.5 Å². The lowest BCUT2D eigenvalue weighted by Crippen LogP contribution is -2.12. The number of benzene rings is 2. The minimum absolute atomic E-state index is 0.270. The molecule has 94 valence electrons. The van der Waals surface area contributed by atoms with E-state index < -0.39 is 0 Å². The van der Waals surface area contributed by atoms with Gasteiger partial charge in [0.15, 0.2) is 0 Å². The molecule has 18 heavy (non-hydrogen) atoms. The lowest BCUT2D eigenvalue weighted by molar-refractivity contribution is 0.622. The molecule has 4 heteroatoms. The molecule has 0 heterocycles. The quantitative estimate of drug-likeness (QED) is 0.856. The van der Waals surface area contributed by atoms with Crippen molar-refractivity contribution in [2.45, 2.75) is 13.0 Å². The maximum Gasteiger partial charge on any atom is 0.123 e. The van der Waals surface area contributed by atoms with Crippen molar-refractivity contribution in [1.29, 1.82) is 0 Å². The van der Waals surface area contributed by atoms with E-state index in [1.54, 1.807) is 6.07 Å². The molecular formula is C14H12BrClFN. The van der Waals surface area contributed by atoms with Crippen LogP contribution in [0.25, 0.3) is 0 Å². The molecule has 1 atom stereocenters. The second-order valence-corrected chi connectivity index (χ2v) is 5.47. The van der Waals surface area contributed by atoms with E-state index in [1.165, 1.54) is 12.1 Å². The molecule has 0 aromatic heterocycles.